The highest BCUT2D eigenvalue weighted by molar-refractivity contribution is 5.50. The maximum atomic E-state index is 7.00. The molecule has 5 nitrogen and oxygen atoms in total. The van der Waals surface area contributed by atoms with E-state index in [2.05, 4.69) is 100 Å². The lowest BCUT2D eigenvalue weighted by Gasteiger charge is -2.17. The summed E-state index contributed by atoms with van der Waals surface area (Å²) in [6.45, 7) is 9.19. The van der Waals surface area contributed by atoms with Gasteiger partial charge in [-0.05, 0) is 122 Å². The molecule has 0 saturated heterocycles. The number of aryl methyl sites for hydroxylation is 4. The van der Waals surface area contributed by atoms with Gasteiger partial charge < -0.3 is 24.1 Å². The number of unbranched alkanes of at least 4 members (excludes halogenated alkanes) is 32. The van der Waals surface area contributed by atoms with Crippen molar-refractivity contribution in [1.29, 1.82) is 0 Å². The fraction of sp³-hybridized carbons (Fsp3) is 0.652. The first-order chi connectivity index (χ1) is 36.5. The number of aliphatic hydroxyl groups is 1. The van der Waals surface area contributed by atoms with E-state index in [1.165, 1.54) is 228 Å². The fourth-order valence-electron chi connectivity index (χ4n) is 10.7. The van der Waals surface area contributed by atoms with Gasteiger partial charge in [0.1, 0.15) is 46.0 Å². The molecule has 0 spiro atoms. The summed E-state index contributed by atoms with van der Waals surface area (Å²) in [6, 6.07) is 26.2. The zero-order valence-corrected chi connectivity index (χ0v) is 48.3. The normalized spacial score (nSPS) is 11.8. The minimum atomic E-state index is 0.809. The summed E-state index contributed by atoms with van der Waals surface area (Å²) in [7, 11) is 1.00. The van der Waals surface area contributed by atoms with Crippen molar-refractivity contribution >= 4 is 0 Å². The Bertz CT molecular complexity index is 1640. The molecule has 0 radical (unpaired) electrons. The van der Waals surface area contributed by atoms with Crippen molar-refractivity contribution in [1.82, 2.24) is 0 Å². The molecule has 0 amide bonds. The lowest BCUT2D eigenvalue weighted by Crippen LogP contribution is -1.97. The molecule has 1 aliphatic heterocycles. The van der Waals surface area contributed by atoms with Crippen LogP contribution in [0.1, 0.15) is 281 Å². The summed E-state index contributed by atoms with van der Waals surface area (Å²) < 4.78 is 27.7. The Morgan fingerprint density at radius 2 is 0.338 bits per heavy atom. The molecule has 0 aromatic heterocycles. The van der Waals surface area contributed by atoms with Gasteiger partial charge in [-0.25, -0.2) is 0 Å². The maximum Gasteiger partial charge on any atom is 0.131 e. The van der Waals surface area contributed by atoms with E-state index in [1.54, 1.807) is 0 Å². The Balaban J connectivity index is 0.00000585. The summed E-state index contributed by atoms with van der Waals surface area (Å²) in [5.41, 5.74) is 5.02. The van der Waals surface area contributed by atoms with E-state index in [0.717, 1.165) is 104 Å². The Kier molecular flexibility index (Phi) is 34.9. The molecular weight excluding hydrogens is 909 g/mol. The number of hydrogen-bond donors (Lipinski definition) is 1. The lowest BCUT2D eigenvalue weighted by atomic mass is 10.0. The number of fused-ring (bicyclic) bond motifs is 8. The molecule has 8 bridgehead atoms. The molecule has 0 atom stereocenters. The van der Waals surface area contributed by atoms with Crippen molar-refractivity contribution in [3.05, 3.63) is 95.1 Å². The van der Waals surface area contributed by atoms with Crippen molar-refractivity contribution in [3.8, 4) is 46.0 Å². The molecule has 1 N–H and O–H groups in total. The summed E-state index contributed by atoms with van der Waals surface area (Å²) in [5, 5.41) is 7.00. The fourth-order valence-corrected chi connectivity index (χ4v) is 10.7. The van der Waals surface area contributed by atoms with Gasteiger partial charge in [0.15, 0.2) is 0 Å². The predicted molar refractivity (Wildman–Crippen MR) is 318 cm³/mol. The van der Waals surface area contributed by atoms with E-state index >= 15 is 0 Å². The molecule has 1 heterocycles. The zero-order valence-electron chi connectivity index (χ0n) is 48.3. The second kappa shape index (κ2) is 41.2. The second-order valence-electron chi connectivity index (χ2n) is 22.0. The number of ether oxygens (including phenoxy) is 4. The van der Waals surface area contributed by atoms with Crippen molar-refractivity contribution in [2.75, 3.05) is 7.11 Å². The summed E-state index contributed by atoms with van der Waals surface area (Å²) >= 11 is 0. The number of aliphatic hydroxyl groups excluding tert-OH is 1. The molecule has 1 aliphatic rings. The van der Waals surface area contributed by atoms with Crippen molar-refractivity contribution < 1.29 is 24.1 Å². The monoisotopic (exact) mass is 1020 g/mol. The van der Waals surface area contributed by atoms with Gasteiger partial charge in [-0.15, -0.1) is 0 Å². The smallest absolute Gasteiger partial charge is 0.131 e. The lowest BCUT2D eigenvalue weighted by molar-refractivity contribution is 0.399. The molecule has 0 saturated carbocycles. The highest BCUT2D eigenvalue weighted by Crippen LogP contribution is 2.39. The molecule has 5 heteroatoms. The largest absolute Gasteiger partial charge is 0.457 e. The van der Waals surface area contributed by atoms with Crippen LogP contribution in [0.5, 0.6) is 46.0 Å². The molecule has 5 rings (SSSR count). The molecule has 0 unspecified atom stereocenters. The highest BCUT2D eigenvalue weighted by Gasteiger charge is 2.15. The average molecular weight is 1020 g/mol. The Labute approximate surface area is 454 Å². The van der Waals surface area contributed by atoms with Crippen LogP contribution in [0.4, 0.5) is 0 Å². The van der Waals surface area contributed by atoms with Gasteiger partial charge in [0, 0.05) is 31.4 Å². The van der Waals surface area contributed by atoms with E-state index in [9.17, 15) is 0 Å². The van der Waals surface area contributed by atoms with Crippen LogP contribution < -0.4 is 18.9 Å². The molecular formula is C69H108O5. The van der Waals surface area contributed by atoms with Gasteiger partial charge in [-0.3, -0.25) is 0 Å². The average Bonchev–Trinajstić information content (AvgIpc) is 3.39. The molecule has 4 aromatic carbocycles. The van der Waals surface area contributed by atoms with E-state index < -0.39 is 0 Å². The molecule has 4 aromatic rings. The number of benzene rings is 4. The first-order valence-corrected chi connectivity index (χ1v) is 31.3. The Hall–Kier alpha value is -3.96. The molecule has 0 aliphatic carbocycles. The Morgan fingerprint density at radius 3 is 0.486 bits per heavy atom. The minimum absolute atomic E-state index is 0.809. The number of hydrogen-bond acceptors (Lipinski definition) is 5. The third-order valence-corrected chi connectivity index (χ3v) is 15.0. The van der Waals surface area contributed by atoms with Crippen LogP contribution in [0, 0.1) is 0 Å². The van der Waals surface area contributed by atoms with Crippen molar-refractivity contribution in [2.24, 2.45) is 0 Å². The summed E-state index contributed by atoms with van der Waals surface area (Å²) in [4.78, 5) is 0. The number of rotatable bonds is 40. The van der Waals surface area contributed by atoms with Crippen LogP contribution in [-0.2, 0) is 25.7 Å². The third-order valence-electron chi connectivity index (χ3n) is 15.0. The van der Waals surface area contributed by atoms with Gasteiger partial charge in [0.25, 0.3) is 0 Å². The van der Waals surface area contributed by atoms with E-state index in [4.69, 9.17) is 24.1 Å². The van der Waals surface area contributed by atoms with Gasteiger partial charge in [0.2, 0.25) is 0 Å². The molecule has 414 valence electrons. The van der Waals surface area contributed by atoms with Crippen molar-refractivity contribution in [3.63, 3.8) is 0 Å². The SMILES string of the molecule is CCCCCCCCCCCc1cc2cc(c1)Oc1cc(CCCCCCCCCCC)cc(c1)Oc1cc(CCCCCCCCCCC)cc(c1)Oc1cc(CCCCCCCCCCC)cc(c1)O2.CO. The van der Waals surface area contributed by atoms with Crippen LogP contribution in [0.3, 0.4) is 0 Å². The van der Waals surface area contributed by atoms with E-state index in [1.807, 2.05) is 0 Å². The molecule has 0 fully saturated rings. The van der Waals surface area contributed by atoms with E-state index in [0.29, 0.717) is 0 Å². The standard InChI is InChI=1S/C68H104O4.CH4O/c1-5-9-13-17-21-25-29-33-37-41-57-45-61-53-62(46-57)70-64-48-59(43-39-35-31-27-23-19-15-11-7-3)50-66(55-64)72-68-52-60(44-40-36-32-28-24-20-16-12-8-4)51-67(56-68)71-65-49-58(47-63(54-65)69-61)42-38-34-30-26-22-18-14-10-6-2;1-2/h45-56H,5-44H2,1-4H3;2H,1H3. The Morgan fingerprint density at radius 1 is 0.203 bits per heavy atom. The van der Waals surface area contributed by atoms with Gasteiger partial charge in [0.05, 0.1) is 0 Å². The first-order valence-electron chi connectivity index (χ1n) is 31.3. The quantitative estimate of drug-likeness (QED) is 0.0396. The van der Waals surface area contributed by atoms with Gasteiger partial charge in [-0.1, -0.05) is 233 Å². The van der Waals surface area contributed by atoms with Crippen molar-refractivity contribution in [2.45, 2.75) is 285 Å². The first kappa shape index (κ1) is 62.6. The topological polar surface area (TPSA) is 57.2 Å². The van der Waals surface area contributed by atoms with Crippen LogP contribution in [0.25, 0.3) is 0 Å². The van der Waals surface area contributed by atoms with Gasteiger partial charge in [-0.2, -0.15) is 0 Å². The maximum absolute atomic E-state index is 7.00. The second-order valence-corrected chi connectivity index (χ2v) is 22.0. The van der Waals surface area contributed by atoms with E-state index in [-0.39, 0.29) is 0 Å². The van der Waals surface area contributed by atoms with Crippen LogP contribution in [0.15, 0.2) is 72.8 Å². The predicted octanol–water partition coefficient (Wildman–Crippen LogP) is 23.1. The zero-order chi connectivity index (χ0) is 52.5. The van der Waals surface area contributed by atoms with Crippen LogP contribution >= 0.6 is 0 Å². The highest BCUT2D eigenvalue weighted by atomic mass is 16.5. The third kappa shape index (κ3) is 28.3. The van der Waals surface area contributed by atoms with Crippen LogP contribution in [0.2, 0.25) is 0 Å². The summed E-state index contributed by atoms with van der Waals surface area (Å²) in [6.07, 6.45) is 51.4. The minimum Gasteiger partial charge on any atom is -0.457 e. The van der Waals surface area contributed by atoms with Gasteiger partial charge >= 0.3 is 0 Å². The molecule has 74 heavy (non-hydrogen) atoms. The van der Waals surface area contributed by atoms with Crippen LogP contribution in [-0.4, -0.2) is 12.2 Å². The summed E-state index contributed by atoms with van der Waals surface area (Å²) in [5.74, 6) is 6.48.